The molecule has 2 saturated heterocycles. The second kappa shape index (κ2) is 7.94. The van der Waals surface area contributed by atoms with Crippen molar-refractivity contribution < 1.29 is 19.4 Å². The second-order valence-electron chi connectivity index (χ2n) is 8.61. The molecule has 2 aromatic carbocycles. The number of anilines is 1. The number of rotatable bonds is 8. The quantitative estimate of drug-likeness (QED) is 0.509. The first-order chi connectivity index (χ1) is 15.0. The zero-order chi connectivity index (χ0) is 21.6. The second-order valence-corrected chi connectivity index (χ2v) is 9.86. The molecule has 2 N–H and O–H groups in total. The van der Waals surface area contributed by atoms with E-state index in [0.29, 0.717) is 47.3 Å². The molecule has 8 heteroatoms. The summed E-state index contributed by atoms with van der Waals surface area (Å²) in [6, 6.07) is 10.7. The number of hydrogen-bond donors (Lipinski definition) is 2. The molecule has 2 bridgehead atoms. The summed E-state index contributed by atoms with van der Waals surface area (Å²) in [5.41, 5.74) is 2.45. The minimum atomic E-state index is -0.955. The van der Waals surface area contributed by atoms with Crippen LogP contribution in [-0.2, 0) is 4.74 Å². The van der Waals surface area contributed by atoms with Gasteiger partial charge in [0.2, 0.25) is 0 Å². The third-order valence-corrected chi connectivity index (χ3v) is 7.43. The maximum absolute atomic E-state index is 11.4. The van der Waals surface area contributed by atoms with E-state index in [1.165, 1.54) is 11.9 Å². The lowest BCUT2D eigenvalue weighted by atomic mass is 9.71. The number of fused-ring (bicyclic) bond motifs is 1. The Morgan fingerprint density at radius 2 is 2.16 bits per heavy atom. The summed E-state index contributed by atoms with van der Waals surface area (Å²) < 4.78 is 15.1. The van der Waals surface area contributed by atoms with Gasteiger partial charge < -0.3 is 19.3 Å². The summed E-state index contributed by atoms with van der Waals surface area (Å²) in [5, 5.41) is 19.1. The molecular formula is C23H21ClN2O4S. The van der Waals surface area contributed by atoms with Crippen molar-refractivity contribution in [1.29, 1.82) is 5.26 Å². The molecule has 0 amide bonds. The highest BCUT2D eigenvalue weighted by molar-refractivity contribution is 8.00. The number of nitriles is 1. The molecule has 2 saturated carbocycles. The van der Waals surface area contributed by atoms with E-state index < -0.39 is 5.97 Å². The van der Waals surface area contributed by atoms with E-state index in [9.17, 15) is 15.2 Å². The van der Waals surface area contributed by atoms with Gasteiger partial charge in [0, 0.05) is 16.4 Å². The summed E-state index contributed by atoms with van der Waals surface area (Å²) >= 11 is 7.60. The van der Waals surface area contributed by atoms with Gasteiger partial charge in [-0.1, -0.05) is 17.7 Å². The van der Waals surface area contributed by atoms with Crippen molar-refractivity contribution in [3.8, 4) is 11.8 Å². The van der Waals surface area contributed by atoms with Gasteiger partial charge in [0.25, 0.3) is 0 Å². The average Bonchev–Trinajstić information content (AvgIpc) is 3.39. The number of ether oxygens (including phenoxy) is 2. The van der Waals surface area contributed by atoms with Crippen LogP contribution in [-0.4, -0.2) is 30.4 Å². The first kappa shape index (κ1) is 20.5. The highest BCUT2D eigenvalue weighted by Crippen LogP contribution is 2.50. The number of carboxylic acids is 1. The third kappa shape index (κ3) is 4.08. The van der Waals surface area contributed by atoms with Crippen molar-refractivity contribution in [3.63, 3.8) is 0 Å². The van der Waals surface area contributed by atoms with Crippen LogP contribution in [0, 0.1) is 16.7 Å². The fourth-order valence-electron chi connectivity index (χ4n) is 4.26. The molecule has 2 aliphatic heterocycles. The van der Waals surface area contributed by atoms with E-state index in [0.717, 1.165) is 36.1 Å². The van der Waals surface area contributed by atoms with Crippen LogP contribution in [0.2, 0.25) is 5.02 Å². The molecule has 0 unspecified atom stereocenters. The Morgan fingerprint density at radius 1 is 1.35 bits per heavy atom. The molecule has 4 aliphatic rings. The van der Waals surface area contributed by atoms with Gasteiger partial charge >= 0.3 is 5.97 Å². The van der Waals surface area contributed by atoms with Crippen LogP contribution < -0.4 is 9.46 Å². The van der Waals surface area contributed by atoms with Gasteiger partial charge in [-0.3, -0.25) is 0 Å². The standard InChI is InChI=1S/C23H21ClN2O4S/c24-18-7-20(30-12-23-8-16(9-23)29-11-23)19(5-15(18)10-25)26-31-21-6-14(22(27)28)3-4-17(21)13-1-2-13/h3-7,13,16,26H,1-2,8-9,11-12H2,(H,27,28). The van der Waals surface area contributed by atoms with Crippen molar-refractivity contribution in [2.24, 2.45) is 5.41 Å². The number of benzene rings is 2. The fourth-order valence-corrected chi connectivity index (χ4v) is 5.38. The maximum Gasteiger partial charge on any atom is 0.335 e. The molecule has 31 heavy (non-hydrogen) atoms. The number of hydrogen-bond acceptors (Lipinski definition) is 6. The zero-order valence-electron chi connectivity index (χ0n) is 16.7. The Kier molecular flexibility index (Phi) is 5.25. The minimum absolute atomic E-state index is 0.0738. The van der Waals surface area contributed by atoms with E-state index in [1.807, 2.05) is 6.07 Å². The molecule has 2 heterocycles. The van der Waals surface area contributed by atoms with Gasteiger partial charge in [-0.15, -0.1) is 0 Å². The summed E-state index contributed by atoms with van der Waals surface area (Å²) in [4.78, 5) is 12.3. The summed E-state index contributed by atoms with van der Waals surface area (Å²) in [6.45, 7) is 1.25. The number of nitrogens with one attached hydrogen (secondary N) is 1. The van der Waals surface area contributed by atoms with Crippen LogP contribution in [0.5, 0.6) is 5.75 Å². The Bertz CT molecular complexity index is 1080. The lowest BCUT2D eigenvalue weighted by Gasteiger charge is -2.35. The van der Waals surface area contributed by atoms with Crippen molar-refractivity contribution >= 4 is 35.2 Å². The van der Waals surface area contributed by atoms with Crippen molar-refractivity contribution in [2.45, 2.75) is 42.6 Å². The predicted octanol–water partition coefficient (Wildman–Crippen LogP) is 5.46. The van der Waals surface area contributed by atoms with Gasteiger partial charge in [0.15, 0.2) is 0 Å². The van der Waals surface area contributed by atoms with E-state index in [4.69, 9.17) is 21.1 Å². The van der Waals surface area contributed by atoms with Crippen LogP contribution in [0.25, 0.3) is 0 Å². The van der Waals surface area contributed by atoms with E-state index >= 15 is 0 Å². The molecule has 2 aliphatic carbocycles. The van der Waals surface area contributed by atoms with Crippen molar-refractivity contribution in [2.75, 3.05) is 17.9 Å². The van der Waals surface area contributed by atoms with Crippen LogP contribution in [0.3, 0.4) is 0 Å². The number of nitrogens with zero attached hydrogens (tertiary/aromatic N) is 1. The van der Waals surface area contributed by atoms with Crippen molar-refractivity contribution in [1.82, 2.24) is 0 Å². The number of carbonyl (C=O) groups is 1. The van der Waals surface area contributed by atoms with E-state index in [1.54, 1.807) is 24.3 Å². The summed E-state index contributed by atoms with van der Waals surface area (Å²) in [7, 11) is 0. The Balaban J connectivity index is 1.38. The lowest BCUT2D eigenvalue weighted by Crippen LogP contribution is -2.38. The minimum Gasteiger partial charge on any atom is -0.491 e. The molecule has 0 aromatic heterocycles. The molecule has 160 valence electrons. The van der Waals surface area contributed by atoms with Gasteiger partial charge in [-0.25, -0.2) is 4.79 Å². The topological polar surface area (TPSA) is 91.6 Å². The molecule has 0 radical (unpaired) electrons. The van der Waals surface area contributed by atoms with E-state index in [2.05, 4.69) is 10.8 Å². The Morgan fingerprint density at radius 3 is 2.81 bits per heavy atom. The maximum atomic E-state index is 11.4. The highest BCUT2D eigenvalue weighted by atomic mass is 35.5. The van der Waals surface area contributed by atoms with Gasteiger partial charge in [-0.2, -0.15) is 5.26 Å². The number of halogens is 1. The van der Waals surface area contributed by atoms with Crippen molar-refractivity contribution in [3.05, 3.63) is 52.0 Å². The lowest BCUT2D eigenvalue weighted by molar-refractivity contribution is 0.0696. The Hall–Kier alpha value is -2.40. The van der Waals surface area contributed by atoms with Gasteiger partial charge in [-0.05, 0) is 67.3 Å². The molecular weight excluding hydrogens is 436 g/mol. The predicted molar refractivity (Wildman–Crippen MR) is 118 cm³/mol. The average molecular weight is 457 g/mol. The SMILES string of the molecule is N#Cc1cc(NSc2cc(C(=O)O)ccc2C2CC2)c(OCC23COC(C2)C3)cc1Cl. The number of carboxylic acid groups (broad SMARTS) is 1. The van der Waals surface area contributed by atoms with Gasteiger partial charge in [0.05, 0.1) is 41.2 Å². The van der Waals surface area contributed by atoms with Crippen LogP contribution in [0.4, 0.5) is 5.69 Å². The molecule has 6 rings (SSSR count). The van der Waals surface area contributed by atoms with E-state index in [-0.39, 0.29) is 11.0 Å². The summed E-state index contributed by atoms with van der Waals surface area (Å²) in [5.74, 6) is 0.0858. The van der Waals surface area contributed by atoms with Gasteiger partial charge in [0.1, 0.15) is 11.8 Å². The molecule has 4 fully saturated rings. The summed E-state index contributed by atoms with van der Waals surface area (Å²) in [6.07, 6.45) is 4.62. The first-order valence-corrected chi connectivity index (χ1v) is 11.4. The molecule has 0 atom stereocenters. The van der Waals surface area contributed by atoms with Crippen LogP contribution in [0.15, 0.2) is 35.2 Å². The number of aromatic carboxylic acids is 1. The molecule has 2 aromatic rings. The Labute approximate surface area is 189 Å². The normalized spacial score (nSPS) is 23.7. The first-order valence-electron chi connectivity index (χ1n) is 10.2. The molecule has 0 spiro atoms. The fraction of sp³-hybridized carbons (Fsp3) is 0.391. The largest absolute Gasteiger partial charge is 0.491 e. The smallest absolute Gasteiger partial charge is 0.335 e. The molecule has 6 nitrogen and oxygen atoms in total. The van der Waals surface area contributed by atoms with Crippen LogP contribution in [0.1, 0.15) is 53.1 Å². The van der Waals surface area contributed by atoms with Crippen LogP contribution >= 0.6 is 23.5 Å². The third-order valence-electron chi connectivity index (χ3n) is 6.22. The highest BCUT2D eigenvalue weighted by Gasteiger charge is 2.52. The monoisotopic (exact) mass is 456 g/mol. The zero-order valence-corrected chi connectivity index (χ0v) is 18.3.